The number of aryl methyl sites for hydroxylation is 4. The zero-order valence-corrected chi connectivity index (χ0v) is 34.8. The summed E-state index contributed by atoms with van der Waals surface area (Å²) in [5.74, 6) is 0.329. The van der Waals surface area contributed by atoms with Crippen molar-refractivity contribution in [2.75, 3.05) is 28.4 Å². The lowest BCUT2D eigenvalue weighted by atomic mass is 9.68. The molecule has 0 atom stereocenters. The van der Waals surface area contributed by atoms with Gasteiger partial charge in [-0.1, -0.05) is 120 Å². The number of fused-ring (bicyclic) bond motifs is 7. The van der Waals surface area contributed by atoms with Crippen molar-refractivity contribution < 1.29 is 28.5 Å². The summed E-state index contributed by atoms with van der Waals surface area (Å²) in [6, 6.07) is 42.2. The number of carbonyl (C=O) groups excluding carboxylic acids is 2. The van der Waals surface area contributed by atoms with Crippen LogP contribution >= 0.6 is 0 Å². The zero-order chi connectivity index (χ0) is 41.7. The molecule has 0 spiro atoms. The first-order valence-corrected chi connectivity index (χ1v) is 20.4. The van der Waals surface area contributed by atoms with Crippen molar-refractivity contribution in [1.29, 1.82) is 0 Å². The van der Waals surface area contributed by atoms with E-state index in [2.05, 4.69) is 98.8 Å². The topological polar surface area (TPSA) is 71.1 Å². The van der Waals surface area contributed by atoms with Gasteiger partial charge in [0.05, 0.1) is 39.6 Å². The molecule has 2 aliphatic rings. The van der Waals surface area contributed by atoms with Gasteiger partial charge in [-0.05, 0) is 118 Å². The quantitative estimate of drug-likeness (QED) is 0.143. The lowest BCUT2D eigenvalue weighted by Crippen LogP contribution is -2.24. The van der Waals surface area contributed by atoms with Crippen LogP contribution in [0.15, 0.2) is 121 Å². The molecule has 0 fully saturated rings. The fourth-order valence-electron chi connectivity index (χ4n) is 9.57. The predicted octanol–water partition coefficient (Wildman–Crippen LogP) is 12.1. The summed E-state index contributed by atoms with van der Waals surface area (Å²) in [6.07, 6.45) is 2.21. The third kappa shape index (κ3) is 6.26. The summed E-state index contributed by atoms with van der Waals surface area (Å²) in [7, 11) is 6.20. The summed E-state index contributed by atoms with van der Waals surface area (Å²) in [5.41, 5.74) is 18.2. The molecule has 0 aromatic heterocycles. The largest absolute Gasteiger partial charge is 0.495 e. The van der Waals surface area contributed by atoms with E-state index in [0.29, 0.717) is 25.7 Å². The minimum atomic E-state index is -0.566. The van der Waals surface area contributed by atoms with Gasteiger partial charge in [0.15, 0.2) is 0 Å². The van der Waals surface area contributed by atoms with E-state index in [0.717, 1.165) is 101 Å². The normalized spacial score (nSPS) is 12.4. The first-order chi connectivity index (χ1) is 29.3. The summed E-state index contributed by atoms with van der Waals surface area (Å²) >= 11 is 0. The number of benzene rings is 7. The van der Waals surface area contributed by atoms with Crippen LogP contribution in [0.25, 0.3) is 66.8 Å². The molecule has 6 nitrogen and oxygen atoms in total. The van der Waals surface area contributed by atoms with Gasteiger partial charge in [0.25, 0.3) is 0 Å². The number of ether oxygens (including phenoxy) is 4. The molecule has 60 heavy (non-hydrogen) atoms. The molecule has 6 heteroatoms. The van der Waals surface area contributed by atoms with Crippen LogP contribution in [-0.4, -0.2) is 40.4 Å². The first-order valence-electron chi connectivity index (χ1n) is 20.4. The Kier molecular flexibility index (Phi) is 10.1. The van der Waals surface area contributed by atoms with E-state index >= 15 is 0 Å². The van der Waals surface area contributed by atoms with Gasteiger partial charge >= 0.3 is 11.9 Å². The molecule has 0 bridgehead atoms. The number of carbonyl (C=O) groups is 2. The highest BCUT2D eigenvalue weighted by molar-refractivity contribution is 6.14. The van der Waals surface area contributed by atoms with E-state index in [1.54, 1.807) is 14.2 Å². The highest BCUT2D eigenvalue weighted by Crippen LogP contribution is 2.58. The Morgan fingerprint density at radius 3 is 1.12 bits per heavy atom. The van der Waals surface area contributed by atoms with E-state index < -0.39 is 11.9 Å². The average Bonchev–Trinajstić information content (AvgIpc) is 3.29. The summed E-state index contributed by atoms with van der Waals surface area (Å²) in [5, 5.41) is 0. The number of esters is 2. The van der Waals surface area contributed by atoms with Crippen LogP contribution in [0.1, 0.15) is 54.1 Å². The van der Waals surface area contributed by atoms with Crippen molar-refractivity contribution in [1.82, 2.24) is 0 Å². The second kappa shape index (κ2) is 15.7. The van der Waals surface area contributed by atoms with Crippen molar-refractivity contribution in [3.63, 3.8) is 0 Å². The van der Waals surface area contributed by atoms with Crippen LogP contribution in [0.2, 0.25) is 0 Å². The molecule has 0 heterocycles. The van der Waals surface area contributed by atoms with Crippen molar-refractivity contribution >= 4 is 11.9 Å². The molecule has 7 aromatic rings. The van der Waals surface area contributed by atoms with E-state index in [1.165, 1.54) is 25.3 Å². The second-order valence-electron chi connectivity index (χ2n) is 15.6. The summed E-state index contributed by atoms with van der Waals surface area (Å²) < 4.78 is 24.1. The molecule has 2 aliphatic carbocycles. The molecule has 9 rings (SSSR count). The third-order valence-corrected chi connectivity index (χ3v) is 12.3. The molecule has 0 saturated heterocycles. The SMILES string of the molecule is COC(=O)c1c2c(c3c(c1C(=O)OC)CCc1cc(-c4ccc(C)cc4)c(OC)c(-c4ccccc4)c1-3)-c1c(cc(-c3ccc(C)cc3)c(OC)c1-c1ccccc1)CC2. The van der Waals surface area contributed by atoms with Crippen LogP contribution in [0.3, 0.4) is 0 Å². The molecule has 0 saturated carbocycles. The first kappa shape index (κ1) is 38.6. The van der Waals surface area contributed by atoms with E-state index in [1.807, 2.05) is 36.4 Å². The van der Waals surface area contributed by atoms with Gasteiger partial charge in [-0.2, -0.15) is 0 Å². The lowest BCUT2D eigenvalue weighted by Gasteiger charge is -2.35. The molecule has 0 aliphatic heterocycles. The summed E-state index contributed by atoms with van der Waals surface area (Å²) in [6.45, 7) is 4.18. The molecule has 298 valence electrons. The van der Waals surface area contributed by atoms with Crippen molar-refractivity contribution in [2.24, 2.45) is 0 Å². The maximum absolute atomic E-state index is 14.3. The van der Waals surface area contributed by atoms with Gasteiger partial charge in [0, 0.05) is 22.3 Å². The molecular formula is C54H46O6. The van der Waals surface area contributed by atoms with Crippen molar-refractivity contribution in [3.8, 4) is 78.3 Å². The Balaban J connectivity index is 1.51. The van der Waals surface area contributed by atoms with Gasteiger partial charge in [0.1, 0.15) is 11.5 Å². The lowest BCUT2D eigenvalue weighted by molar-refractivity contribution is 0.0553. The van der Waals surface area contributed by atoms with E-state index in [4.69, 9.17) is 18.9 Å². The van der Waals surface area contributed by atoms with Gasteiger partial charge in [0.2, 0.25) is 0 Å². The average molecular weight is 791 g/mol. The molecule has 0 amide bonds. The maximum Gasteiger partial charge on any atom is 0.339 e. The number of rotatable bonds is 8. The standard InChI is InChI=1S/C54H46O6/c1-31-17-21-33(22-18-31)41-29-37-25-27-39-47(43(37)45(51(41)57-3)35-13-9-7-10-14-35)48-40(50(54(56)60-6)49(39)53(55)59-5)28-26-38-30-42(34-23-19-32(2)20-24-34)52(58-4)46(44(38)48)36-15-11-8-12-16-36/h7-24,29-30H,25-28H2,1-6H3. The highest BCUT2D eigenvalue weighted by Gasteiger charge is 2.40. The van der Waals surface area contributed by atoms with Crippen LogP contribution in [0.5, 0.6) is 11.5 Å². The summed E-state index contributed by atoms with van der Waals surface area (Å²) in [4.78, 5) is 28.5. The van der Waals surface area contributed by atoms with Crippen LogP contribution < -0.4 is 9.47 Å². The third-order valence-electron chi connectivity index (χ3n) is 12.3. The Morgan fingerprint density at radius 1 is 0.417 bits per heavy atom. The number of hydrogen-bond donors (Lipinski definition) is 0. The monoisotopic (exact) mass is 790 g/mol. The van der Waals surface area contributed by atoms with Crippen LogP contribution in [0.4, 0.5) is 0 Å². The Hall–Kier alpha value is -6.92. The number of methoxy groups -OCH3 is 4. The molecule has 0 N–H and O–H groups in total. The Labute approximate surface area is 351 Å². The zero-order valence-electron chi connectivity index (χ0n) is 34.8. The fourth-order valence-corrected chi connectivity index (χ4v) is 9.57. The molecule has 7 aromatic carbocycles. The van der Waals surface area contributed by atoms with Crippen LogP contribution in [-0.2, 0) is 35.2 Å². The fraction of sp³-hybridized carbons (Fsp3) is 0.185. The molecule has 0 unspecified atom stereocenters. The van der Waals surface area contributed by atoms with Gasteiger partial charge < -0.3 is 18.9 Å². The minimum absolute atomic E-state index is 0.261. The smallest absolute Gasteiger partial charge is 0.339 e. The van der Waals surface area contributed by atoms with Gasteiger partial charge in [-0.25, -0.2) is 9.59 Å². The highest BCUT2D eigenvalue weighted by atomic mass is 16.5. The number of hydrogen-bond acceptors (Lipinski definition) is 6. The van der Waals surface area contributed by atoms with E-state index in [9.17, 15) is 9.59 Å². The van der Waals surface area contributed by atoms with E-state index in [-0.39, 0.29) is 11.1 Å². The molecule has 0 radical (unpaired) electrons. The van der Waals surface area contributed by atoms with Gasteiger partial charge in [-0.3, -0.25) is 0 Å². The molecular weight excluding hydrogens is 745 g/mol. The Morgan fingerprint density at radius 2 is 0.783 bits per heavy atom. The van der Waals surface area contributed by atoms with Crippen LogP contribution in [0, 0.1) is 13.8 Å². The van der Waals surface area contributed by atoms with Crippen molar-refractivity contribution in [3.05, 3.63) is 166 Å². The van der Waals surface area contributed by atoms with Crippen molar-refractivity contribution in [2.45, 2.75) is 39.5 Å². The Bertz CT molecular complexity index is 2620. The second-order valence-corrected chi connectivity index (χ2v) is 15.6. The minimum Gasteiger partial charge on any atom is -0.495 e. The predicted molar refractivity (Wildman–Crippen MR) is 239 cm³/mol. The maximum atomic E-state index is 14.3. The van der Waals surface area contributed by atoms with Gasteiger partial charge in [-0.15, -0.1) is 0 Å².